The summed E-state index contributed by atoms with van der Waals surface area (Å²) in [5.74, 6) is 0. The third-order valence-corrected chi connectivity index (χ3v) is 6.52. The van der Waals surface area contributed by atoms with Gasteiger partial charge in [-0.1, -0.05) is 15.9 Å². The number of likely N-dealkylation sites (N-methyl/N-ethyl adjacent to an activating group) is 1. The predicted molar refractivity (Wildman–Crippen MR) is 82.7 cm³/mol. The lowest BCUT2D eigenvalue weighted by Gasteiger charge is -2.21. The van der Waals surface area contributed by atoms with E-state index < -0.39 is 10.0 Å². The normalized spacial score (nSPS) is 20.1. The van der Waals surface area contributed by atoms with Gasteiger partial charge in [0, 0.05) is 28.6 Å². The fourth-order valence-electron chi connectivity index (χ4n) is 2.17. The summed E-state index contributed by atoms with van der Waals surface area (Å²) in [5.41, 5.74) is 0. The van der Waals surface area contributed by atoms with Gasteiger partial charge in [0.1, 0.15) is 0 Å². The van der Waals surface area contributed by atoms with Crippen molar-refractivity contribution in [2.75, 3.05) is 20.1 Å². The molecule has 0 saturated carbocycles. The molecule has 106 valence electrons. The monoisotopic (exact) mass is 410 g/mol. The zero-order chi connectivity index (χ0) is 14.0. The molecule has 1 fully saturated rings. The van der Waals surface area contributed by atoms with Crippen molar-refractivity contribution in [2.24, 2.45) is 0 Å². The Hall–Kier alpha value is 0.0500. The van der Waals surface area contributed by atoms with Crippen molar-refractivity contribution in [1.29, 1.82) is 0 Å². The second-order valence-electron chi connectivity index (χ2n) is 4.65. The molecule has 0 aromatic heterocycles. The Morgan fingerprint density at radius 1 is 1.42 bits per heavy atom. The van der Waals surface area contributed by atoms with Crippen molar-refractivity contribution in [3.05, 3.63) is 27.1 Å². The SMILES string of the molecule is CN(CC1CCCN1)S(=O)(=O)c1ccc(Br)cc1Br. The standard InChI is InChI=1S/C12H16Br2N2O2S/c1-16(8-10-3-2-6-15-10)19(17,18)12-5-4-9(13)7-11(12)14/h4-5,7,10,15H,2-3,6,8H2,1H3. The minimum Gasteiger partial charge on any atom is -0.313 e. The molecule has 1 N–H and O–H groups in total. The Morgan fingerprint density at radius 2 is 2.16 bits per heavy atom. The van der Waals surface area contributed by atoms with Crippen LogP contribution in [0.25, 0.3) is 0 Å². The summed E-state index contributed by atoms with van der Waals surface area (Å²) in [6.45, 7) is 1.48. The summed E-state index contributed by atoms with van der Waals surface area (Å²) in [4.78, 5) is 0.302. The van der Waals surface area contributed by atoms with E-state index in [4.69, 9.17) is 0 Å². The van der Waals surface area contributed by atoms with Crippen molar-refractivity contribution >= 4 is 41.9 Å². The maximum Gasteiger partial charge on any atom is 0.243 e. The van der Waals surface area contributed by atoms with Gasteiger partial charge in [-0.2, -0.15) is 4.31 Å². The summed E-state index contributed by atoms with van der Waals surface area (Å²) >= 11 is 6.64. The fraction of sp³-hybridized carbons (Fsp3) is 0.500. The van der Waals surface area contributed by atoms with Crippen LogP contribution < -0.4 is 5.32 Å². The van der Waals surface area contributed by atoms with Crippen molar-refractivity contribution in [3.8, 4) is 0 Å². The minimum absolute atomic E-state index is 0.258. The molecule has 1 atom stereocenters. The number of halogens is 2. The first kappa shape index (κ1) is 15.4. The van der Waals surface area contributed by atoms with Crippen LogP contribution in [-0.2, 0) is 10.0 Å². The van der Waals surface area contributed by atoms with Crippen molar-refractivity contribution < 1.29 is 8.42 Å². The van der Waals surface area contributed by atoms with Crippen LogP contribution in [0.15, 0.2) is 32.0 Å². The average Bonchev–Trinajstić information content (AvgIpc) is 2.81. The van der Waals surface area contributed by atoms with E-state index in [-0.39, 0.29) is 6.04 Å². The lowest BCUT2D eigenvalue weighted by molar-refractivity contribution is 0.417. The quantitative estimate of drug-likeness (QED) is 0.828. The number of rotatable bonds is 4. The molecule has 0 radical (unpaired) electrons. The maximum atomic E-state index is 12.5. The molecule has 1 saturated heterocycles. The maximum absolute atomic E-state index is 12.5. The van der Waals surface area contributed by atoms with E-state index in [0.717, 1.165) is 23.9 Å². The van der Waals surface area contributed by atoms with Gasteiger partial charge in [0.25, 0.3) is 0 Å². The van der Waals surface area contributed by atoms with E-state index in [2.05, 4.69) is 37.2 Å². The summed E-state index contributed by atoms with van der Waals surface area (Å²) in [6, 6.07) is 5.35. The highest BCUT2D eigenvalue weighted by atomic mass is 79.9. The zero-order valence-corrected chi connectivity index (χ0v) is 14.6. The summed E-state index contributed by atoms with van der Waals surface area (Å²) in [7, 11) is -1.82. The molecule has 0 bridgehead atoms. The van der Waals surface area contributed by atoms with Crippen molar-refractivity contribution in [2.45, 2.75) is 23.8 Å². The second kappa shape index (κ2) is 6.22. The van der Waals surface area contributed by atoms with Crippen LogP contribution in [0, 0.1) is 0 Å². The minimum atomic E-state index is -3.45. The van der Waals surface area contributed by atoms with Crippen LogP contribution in [0.5, 0.6) is 0 Å². The van der Waals surface area contributed by atoms with Gasteiger partial charge >= 0.3 is 0 Å². The van der Waals surface area contributed by atoms with E-state index in [0.29, 0.717) is 15.9 Å². The Morgan fingerprint density at radius 3 is 2.74 bits per heavy atom. The largest absolute Gasteiger partial charge is 0.313 e. The molecule has 1 aromatic rings. The highest BCUT2D eigenvalue weighted by Crippen LogP contribution is 2.28. The Balaban J connectivity index is 2.20. The number of hydrogen-bond donors (Lipinski definition) is 1. The Labute approximate surface area is 130 Å². The molecule has 7 heteroatoms. The first-order valence-electron chi connectivity index (χ1n) is 6.06. The molecule has 1 aliphatic heterocycles. The second-order valence-corrected chi connectivity index (χ2v) is 8.44. The smallest absolute Gasteiger partial charge is 0.243 e. The molecule has 1 heterocycles. The van der Waals surface area contributed by atoms with Gasteiger partial charge in [-0.05, 0) is 53.5 Å². The van der Waals surface area contributed by atoms with Gasteiger partial charge in [0.05, 0.1) is 4.90 Å². The van der Waals surface area contributed by atoms with Gasteiger partial charge in [-0.3, -0.25) is 0 Å². The van der Waals surface area contributed by atoms with Crippen LogP contribution in [0.4, 0.5) is 0 Å². The van der Waals surface area contributed by atoms with Crippen LogP contribution in [0.3, 0.4) is 0 Å². The van der Waals surface area contributed by atoms with Crippen LogP contribution >= 0.6 is 31.9 Å². The van der Waals surface area contributed by atoms with Gasteiger partial charge in [0.15, 0.2) is 0 Å². The molecule has 1 aromatic carbocycles. The number of nitrogens with zero attached hydrogens (tertiary/aromatic N) is 1. The average molecular weight is 412 g/mol. The molecule has 1 unspecified atom stereocenters. The molecule has 2 rings (SSSR count). The molecule has 19 heavy (non-hydrogen) atoms. The fourth-order valence-corrected chi connectivity index (χ4v) is 5.09. The van der Waals surface area contributed by atoms with Crippen LogP contribution in [0.1, 0.15) is 12.8 Å². The van der Waals surface area contributed by atoms with Crippen LogP contribution in [-0.4, -0.2) is 38.9 Å². The molecule has 4 nitrogen and oxygen atoms in total. The molecule has 0 amide bonds. The van der Waals surface area contributed by atoms with Gasteiger partial charge in [0.2, 0.25) is 10.0 Å². The highest BCUT2D eigenvalue weighted by Gasteiger charge is 2.26. The van der Waals surface area contributed by atoms with Gasteiger partial charge in [-0.25, -0.2) is 8.42 Å². The number of sulfonamides is 1. The number of nitrogens with one attached hydrogen (secondary N) is 1. The first-order chi connectivity index (χ1) is 8.91. The van der Waals surface area contributed by atoms with Crippen LogP contribution in [0.2, 0.25) is 0 Å². The summed E-state index contributed by atoms with van der Waals surface area (Å²) < 4.78 is 27.9. The van der Waals surface area contributed by atoms with Gasteiger partial charge < -0.3 is 5.32 Å². The van der Waals surface area contributed by atoms with E-state index in [1.54, 1.807) is 25.2 Å². The lowest BCUT2D eigenvalue weighted by Crippen LogP contribution is -2.38. The van der Waals surface area contributed by atoms with E-state index in [1.165, 1.54) is 4.31 Å². The van der Waals surface area contributed by atoms with Gasteiger partial charge in [-0.15, -0.1) is 0 Å². The highest BCUT2D eigenvalue weighted by molar-refractivity contribution is 9.11. The van der Waals surface area contributed by atoms with E-state index >= 15 is 0 Å². The number of hydrogen-bond acceptors (Lipinski definition) is 3. The molecular formula is C12H16Br2N2O2S. The molecular weight excluding hydrogens is 396 g/mol. The van der Waals surface area contributed by atoms with E-state index in [1.807, 2.05) is 0 Å². The zero-order valence-electron chi connectivity index (χ0n) is 10.6. The van der Waals surface area contributed by atoms with E-state index in [9.17, 15) is 8.42 Å². The molecule has 1 aliphatic rings. The summed E-state index contributed by atoms with van der Waals surface area (Å²) in [5, 5.41) is 3.31. The van der Waals surface area contributed by atoms with Crippen molar-refractivity contribution in [3.63, 3.8) is 0 Å². The Kier molecular flexibility index (Phi) is 5.05. The topological polar surface area (TPSA) is 49.4 Å². The predicted octanol–water partition coefficient (Wildman–Crippen LogP) is 2.58. The lowest BCUT2D eigenvalue weighted by atomic mass is 10.2. The Bertz CT molecular complexity index is 557. The number of benzene rings is 1. The summed E-state index contributed by atoms with van der Waals surface area (Å²) in [6.07, 6.45) is 2.14. The first-order valence-corrected chi connectivity index (χ1v) is 9.08. The van der Waals surface area contributed by atoms with Crippen molar-refractivity contribution in [1.82, 2.24) is 9.62 Å². The third kappa shape index (κ3) is 3.58. The molecule has 0 spiro atoms. The molecule has 0 aliphatic carbocycles. The third-order valence-electron chi connectivity index (χ3n) is 3.22.